The summed E-state index contributed by atoms with van der Waals surface area (Å²) in [4.78, 5) is 20.5. The van der Waals surface area contributed by atoms with Crippen LogP contribution in [0.1, 0.15) is 11.1 Å². The van der Waals surface area contributed by atoms with Crippen LogP contribution < -0.4 is 0 Å². The number of hydrogen-bond donors (Lipinski definition) is 1. The van der Waals surface area contributed by atoms with E-state index in [0.717, 1.165) is 0 Å². The maximum absolute atomic E-state index is 13.1. The highest BCUT2D eigenvalue weighted by atomic mass is 19.1. The summed E-state index contributed by atoms with van der Waals surface area (Å²) >= 11 is 0. The number of carboxylic acid groups (broad SMARTS) is 1. The van der Waals surface area contributed by atoms with Gasteiger partial charge in [0.25, 0.3) is 0 Å². The van der Waals surface area contributed by atoms with E-state index >= 15 is 0 Å². The van der Waals surface area contributed by atoms with Gasteiger partial charge < -0.3 is 5.11 Å². The minimum atomic E-state index is -1.09. The summed E-state index contributed by atoms with van der Waals surface area (Å²) in [7, 11) is 0. The zero-order valence-corrected chi connectivity index (χ0v) is 7.81. The first-order valence-corrected chi connectivity index (χ1v) is 4.25. The van der Waals surface area contributed by atoms with Gasteiger partial charge in [-0.15, -0.1) is 0 Å². The van der Waals surface area contributed by atoms with E-state index in [1.807, 2.05) is 0 Å². The summed E-state index contributed by atoms with van der Waals surface area (Å²) in [5, 5.41) is 8.52. The molecular weight excluding hydrogens is 199 g/mol. The first kappa shape index (κ1) is 11.1. The van der Waals surface area contributed by atoms with Crippen molar-refractivity contribution in [2.75, 3.05) is 0 Å². The van der Waals surface area contributed by atoms with E-state index in [1.54, 1.807) is 0 Å². The average Bonchev–Trinajstić information content (AvgIpc) is 2.18. The molecule has 1 aromatic rings. The molecule has 0 saturated carbocycles. The molecule has 0 radical (unpaired) electrons. The van der Waals surface area contributed by atoms with Crippen molar-refractivity contribution in [2.45, 2.75) is 6.42 Å². The standard InChI is InChI=1S/C11H9FO3/c12-10-4-3-8(2-1-5-13)6-9(10)7-11(14)15/h1-6H,7H2,(H,14,15). The molecule has 0 aromatic heterocycles. The molecular formula is C11H9FO3. The minimum absolute atomic E-state index is 0.107. The lowest BCUT2D eigenvalue weighted by Crippen LogP contribution is -2.02. The first-order valence-electron chi connectivity index (χ1n) is 4.25. The number of halogens is 1. The molecule has 0 heterocycles. The number of aldehydes is 1. The second-order valence-electron chi connectivity index (χ2n) is 2.92. The van der Waals surface area contributed by atoms with Gasteiger partial charge in [-0.1, -0.05) is 12.1 Å². The van der Waals surface area contributed by atoms with Gasteiger partial charge in [0, 0.05) is 0 Å². The summed E-state index contributed by atoms with van der Waals surface area (Å²) < 4.78 is 13.1. The molecule has 0 saturated heterocycles. The van der Waals surface area contributed by atoms with Gasteiger partial charge in [0.05, 0.1) is 6.42 Å². The molecule has 0 unspecified atom stereocenters. The number of carboxylic acids is 1. The molecule has 0 fully saturated rings. The predicted molar refractivity (Wildman–Crippen MR) is 52.8 cm³/mol. The fraction of sp³-hybridized carbons (Fsp3) is 0.0909. The maximum atomic E-state index is 13.1. The third-order valence-electron chi connectivity index (χ3n) is 1.78. The average molecular weight is 208 g/mol. The van der Waals surface area contributed by atoms with Crippen molar-refractivity contribution >= 4 is 18.3 Å². The van der Waals surface area contributed by atoms with Crippen LogP contribution in [0.4, 0.5) is 4.39 Å². The van der Waals surface area contributed by atoms with Crippen molar-refractivity contribution in [2.24, 2.45) is 0 Å². The Morgan fingerprint density at radius 3 is 2.80 bits per heavy atom. The quantitative estimate of drug-likeness (QED) is 0.604. The van der Waals surface area contributed by atoms with E-state index in [9.17, 15) is 14.0 Å². The maximum Gasteiger partial charge on any atom is 0.307 e. The van der Waals surface area contributed by atoms with Crippen molar-refractivity contribution in [1.82, 2.24) is 0 Å². The molecule has 0 bridgehead atoms. The van der Waals surface area contributed by atoms with Crippen LogP contribution in [0.25, 0.3) is 6.08 Å². The number of allylic oxidation sites excluding steroid dienone is 1. The molecule has 78 valence electrons. The monoisotopic (exact) mass is 208 g/mol. The van der Waals surface area contributed by atoms with Gasteiger partial charge in [-0.25, -0.2) is 4.39 Å². The van der Waals surface area contributed by atoms with Gasteiger partial charge in [0.15, 0.2) is 0 Å². The Kier molecular flexibility index (Phi) is 3.74. The zero-order valence-electron chi connectivity index (χ0n) is 7.81. The Morgan fingerprint density at radius 2 is 2.20 bits per heavy atom. The summed E-state index contributed by atoms with van der Waals surface area (Å²) in [5.74, 6) is -1.65. The lowest BCUT2D eigenvalue weighted by atomic mass is 10.1. The Balaban J connectivity index is 2.99. The Hall–Kier alpha value is -1.97. The molecule has 4 heteroatoms. The van der Waals surface area contributed by atoms with Crippen molar-refractivity contribution in [3.8, 4) is 0 Å². The summed E-state index contributed by atoms with van der Waals surface area (Å²) in [6.07, 6.45) is 2.98. The van der Waals surface area contributed by atoms with E-state index in [2.05, 4.69) is 0 Å². The number of carbonyl (C=O) groups is 2. The van der Waals surface area contributed by atoms with Gasteiger partial charge in [0.1, 0.15) is 12.1 Å². The molecule has 1 aromatic carbocycles. The van der Waals surface area contributed by atoms with Crippen LogP contribution in [0.2, 0.25) is 0 Å². The van der Waals surface area contributed by atoms with Crippen molar-refractivity contribution in [3.63, 3.8) is 0 Å². The van der Waals surface area contributed by atoms with E-state index < -0.39 is 11.8 Å². The van der Waals surface area contributed by atoms with E-state index in [4.69, 9.17) is 5.11 Å². The lowest BCUT2D eigenvalue weighted by molar-refractivity contribution is -0.136. The van der Waals surface area contributed by atoms with Crippen molar-refractivity contribution in [3.05, 3.63) is 41.2 Å². The Morgan fingerprint density at radius 1 is 1.47 bits per heavy atom. The number of carbonyl (C=O) groups excluding carboxylic acids is 1. The highest BCUT2D eigenvalue weighted by Crippen LogP contribution is 2.12. The van der Waals surface area contributed by atoms with E-state index in [-0.39, 0.29) is 12.0 Å². The predicted octanol–water partition coefficient (Wildman–Crippen LogP) is 1.66. The summed E-state index contributed by atoms with van der Waals surface area (Å²) in [6, 6.07) is 4.06. The van der Waals surface area contributed by atoms with E-state index in [1.165, 1.54) is 30.4 Å². The molecule has 0 aliphatic carbocycles. The van der Waals surface area contributed by atoms with Gasteiger partial charge in [-0.2, -0.15) is 0 Å². The number of rotatable bonds is 4. The molecule has 0 spiro atoms. The normalized spacial score (nSPS) is 10.5. The van der Waals surface area contributed by atoms with Crippen LogP contribution in [0.5, 0.6) is 0 Å². The fourth-order valence-corrected chi connectivity index (χ4v) is 1.15. The summed E-state index contributed by atoms with van der Waals surface area (Å²) in [5.41, 5.74) is 0.704. The third-order valence-corrected chi connectivity index (χ3v) is 1.78. The molecule has 0 amide bonds. The van der Waals surface area contributed by atoms with Crippen LogP contribution in [0, 0.1) is 5.82 Å². The molecule has 0 aliphatic heterocycles. The molecule has 1 rings (SSSR count). The number of aliphatic carboxylic acids is 1. The van der Waals surface area contributed by atoms with Crippen LogP contribution in [0.15, 0.2) is 24.3 Å². The Labute approximate surface area is 85.8 Å². The fourth-order valence-electron chi connectivity index (χ4n) is 1.15. The largest absolute Gasteiger partial charge is 0.481 e. The molecule has 0 atom stereocenters. The van der Waals surface area contributed by atoms with Gasteiger partial charge >= 0.3 is 5.97 Å². The third kappa shape index (κ3) is 3.34. The molecule has 1 N–H and O–H groups in total. The van der Waals surface area contributed by atoms with E-state index in [0.29, 0.717) is 11.8 Å². The SMILES string of the molecule is O=CC=Cc1ccc(F)c(CC(=O)O)c1. The van der Waals surface area contributed by atoms with Crippen LogP contribution in [-0.2, 0) is 16.0 Å². The van der Waals surface area contributed by atoms with Crippen LogP contribution >= 0.6 is 0 Å². The van der Waals surface area contributed by atoms with Crippen LogP contribution in [0.3, 0.4) is 0 Å². The lowest BCUT2D eigenvalue weighted by Gasteiger charge is -2.01. The number of benzene rings is 1. The van der Waals surface area contributed by atoms with Crippen molar-refractivity contribution in [1.29, 1.82) is 0 Å². The smallest absolute Gasteiger partial charge is 0.307 e. The van der Waals surface area contributed by atoms with Gasteiger partial charge in [-0.3, -0.25) is 9.59 Å². The topological polar surface area (TPSA) is 54.4 Å². The Bertz CT molecular complexity index is 410. The van der Waals surface area contributed by atoms with Crippen LogP contribution in [-0.4, -0.2) is 17.4 Å². The van der Waals surface area contributed by atoms with Crippen molar-refractivity contribution < 1.29 is 19.1 Å². The highest BCUT2D eigenvalue weighted by molar-refractivity contribution is 5.74. The molecule has 3 nitrogen and oxygen atoms in total. The minimum Gasteiger partial charge on any atom is -0.481 e. The second kappa shape index (κ2) is 5.05. The summed E-state index contributed by atoms with van der Waals surface area (Å²) in [6.45, 7) is 0. The molecule has 15 heavy (non-hydrogen) atoms. The zero-order chi connectivity index (χ0) is 11.3. The van der Waals surface area contributed by atoms with Gasteiger partial charge in [0.2, 0.25) is 0 Å². The first-order chi connectivity index (χ1) is 7.13. The highest BCUT2D eigenvalue weighted by Gasteiger charge is 2.06. The molecule has 0 aliphatic rings. The second-order valence-corrected chi connectivity index (χ2v) is 2.92. The number of hydrogen-bond acceptors (Lipinski definition) is 2. The van der Waals surface area contributed by atoms with Gasteiger partial charge in [-0.05, 0) is 29.3 Å².